The molecule has 2 heterocycles. The first-order valence-corrected chi connectivity index (χ1v) is 7.46. The van der Waals surface area contributed by atoms with Gasteiger partial charge in [0.05, 0.1) is 12.7 Å². The van der Waals surface area contributed by atoms with E-state index in [2.05, 4.69) is 4.90 Å². The fourth-order valence-corrected chi connectivity index (χ4v) is 3.25. The van der Waals surface area contributed by atoms with Gasteiger partial charge in [-0.05, 0) is 43.5 Å². The third-order valence-corrected chi connectivity index (χ3v) is 4.53. The van der Waals surface area contributed by atoms with Crippen molar-refractivity contribution in [3.05, 3.63) is 34.9 Å². The van der Waals surface area contributed by atoms with E-state index in [-0.39, 0.29) is 12.1 Å². The predicted molar refractivity (Wildman–Crippen MR) is 77.5 cm³/mol. The summed E-state index contributed by atoms with van der Waals surface area (Å²) in [6.07, 6.45) is 3.58. The van der Waals surface area contributed by atoms with E-state index in [1.807, 2.05) is 24.3 Å². The zero-order chi connectivity index (χ0) is 13.2. The Hall–Kier alpha value is -0.610. The second kappa shape index (κ2) is 5.80. The molecule has 0 amide bonds. The maximum Gasteiger partial charge on any atom is 0.0856 e. The van der Waals surface area contributed by atoms with Crippen LogP contribution in [0.15, 0.2) is 24.3 Å². The Labute approximate surface area is 119 Å². The topological polar surface area (TPSA) is 38.5 Å². The van der Waals surface area contributed by atoms with E-state index in [0.29, 0.717) is 6.04 Å². The number of nitrogens with zero attached hydrogens (tertiary/aromatic N) is 1. The number of hydrogen-bond donors (Lipinski definition) is 1. The highest BCUT2D eigenvalue weighted by Gasteiger charge is 2.34. The summed E-state index contributed by atoms with van der Waals surface area (Å²) in [5.41, 5.74) is 7.54. The van der Waals surface area contributed by atoms with Gasteiger partial charge in [0, 0.05) is 23.7 Å². The average molecular weight is 281 g/mol. The third-order valence-electron chi connectivity index (χ3n) is 4.28. The third kappa shape index (κ3) is 3.11. The van der Waals surface area contributed by atoms with Crippen molar-refractivity contribution in [2.75, 3.05) is 19.7 Å². The summed E-state index contributed by atoms with van der Waals surface area (Å²) in [5, 5.41) is 0.770. The van der Waals surface area contributed by atoms with Crippen LogP contribution in [0.3, 0.4) is 0 Å². The Morgan fingerprint density at radius 3 is 2.95 bits per heavy atom. The molecule has 0 radical (unpaired) electrons. The van der Waals surface area contributed by atoms with Gasteiger partial charge in [-0.3, -0.25) is 4.90 Å². The highest BCUT2D eigenvalue weighted by atomic mass is 35.5. The van der Waals surface area contributed by atoms with E-state index < -0.39 is 0 Å². The van der Waals surface area contributed by atoms with Crippen LogP contribution < -0.4 is 5.73 Å². The quantitative estimate of drug-likeness (QED) is 0.921. The summed E-state index contributed by atoms with van der Waals surface area (Å²) < 4.78 is 5.96. The van der Waals surface area contributed by atoms with E-state index in [1.165, 1.54) is 24.9 Å². The fraction of sp³-hybridized carbons (Fsp3) is 0.600. The molecule has 19 heavy (non-hydrogen) atoms. The maximum atomic E-state index is 6.32. The minimum absolute atomic E-state index is 0.0581. The molecule has 2 aliphatic heterocycles. The molecule has 2 aliphatic rings. The van der Waals surface area contributed by atoms with Gasteiger partial charge in [0.15, 0.2) is 0 Å². The number of benzene rings is 1. The Morgan fingerprint density at radius 1 is 1.37 bits per heavy atom. The molecule has 104 valence electrons. The first kappa shape index (κ1) is 13.4. The van der Waals surface area contributed by atoms with Crippen LogP contribution in [0.5, 0.6) is 0 Å². The first-order valence-electron chi connectivity index (χ1n) is 7.08. The van der Waals surface area contributed by atoms with Crippen molar-refractivity contribution in [1.82, 2.24) is 4.90 Å². The van der Waals surface area contributed by atoms with Gasteiger partial charge >= 0.3 is 0 Å². The van der Waals surface area contributed by atoms with Crippen molar-refractivity contribution >= 4 is 11.6 Å². The minimum atomic E-state index is 0.0581. The Kier molecular flexibility index (Phi) is 4.08. The standard InChI is InChI=1S/C15H21ClN2O/c16-12-5-3-11(4-6-12)8-14(17)15-9-18-7-1-2-13(18)10-19-15/h3-6,13-15H,1-2,7-10,17H2. The Balaban J connectivity index is 1.58. The van der Waals surface area contributed by atoms with Crippen LogP contribution in [-0.4, -0.2) is 42.8 Å². The molecule has 0 spiro atoms. The van der Waals surface area contributed by atoms with Gasteiger partial charge in [-0.15, -0.1) is 0 Å². The summed E-state index contributed by atoms with van der Waals surface area (Å²) in [6.45, 7) is 3.04. The van der Waals surface area contributed by atoms with Gasteiger partial charge < -0.3 is 10.5 Å². The molecule has 2 fully saturated rings. The summed E-state index contributed by atoms with van der Waals surface area (Å²) in [4.78, 5) is 2.54. The molecule has 0 bridgehead atoms. The molecule has 3 rings (SSSR count). The van der Waals surface area contributed by atoms with E-state index in [0.717, 1.165) is 24.6 Å². The number of ether oxygens (including phenoxy) is 1. The highest BCUT2D eigenvalue weighted by Crippen LogP contribution is 2.24. The zero-order valence-electron chi connectivity index (χ0n) is 11.1. The second-order valence-corrected chi connectivity index (χ2v) is 6.09. The van der Waals surface area contributed by atoms with Gasteiger partial charge in [-0.25, -0.2) is 0 Å². The molecule has 1 aromatic rings. The molecule has 0 aliphatic carbocycles. The molecule has 4 heteroatoms. The SMILES string of the molecule is NC(Cc1ccc(Cl)cc1)C1CN2CCCC2CO1. The van der Waals surface area contributed by atoms with Gasteiger partial charge in [-0.2, -0.15) is 0 Å². The molecule has 2 saturated heterocycles. The van der Waals surface area contributed by atoms with Gasteiger partial charge in [0.25, 0.3) is 0 Å². The fourth-order valence-electron chi connectivity index (χ4n) is 3.13. The number of hydrogen-bond acceptors (Lipinski definition) is 3. The molecular weight excluding hydrogens is 260 g/mol. The molecule has 3 atom stereocenters. The van der Waals surface area contributed by atoms with Crippen LogP contribution >= 0.6 is 11.6 Å². The Bertz CT molecular complexity index is 423. The van der Waals surface area contributed by atoms with Crippen LogP contribution in [-0.2, 0) is 11.2 Å². The lowest BCUT2D eigenvalue weighted by Gasteiger charge is -2.37. The molecular formula is C15H21ClN2O. The smallest absolute Gasteiger partial charge is 0.0856 e. The summed E-state index contributed by atoms with van der Waals surface area (Å²) in [5.74, 6) is 0. The maximum absolute atomic E-state index is 6.32. The lowest BCUT2D eigenvalue weighted by Crippen LogP contribution is -2.53. The second-order valence-electron chi connectivity index (χ2n) is 5.66. The lowest BCUT2D eigenvalue weighted by atomic mass is 10.0. The first-order chi connectivity index (χ1) is 9.22. The molecule has 3 unspecified atom stereocenters. The van der Waals surface area contributed by atoms with Crippen molar-refractivity contribution in [2.24, 2.45) is 5.73 Å². The molecule has 2 N–H and O–H groups in total. The van der Waals surface area contributed by atoms with Crippen LogP contribution in [0.4, 0.5) is 0 Å². The normalized spacial score (nSPS) is 29.2. The number of rotatable bonds is 3. The van der Waals surface area contributed by atoms with Crippen molar-refractivity contribution in [3.63, 3.8) is 0 Å². The van der Waals surface area contributed by atoms with Crippen molar-refractivity contribution in [2.45, 2.75) is 37.5 Å². The number of halogens is 1. The predicted octanol–water partition coefficient (Wildman–Crippen LogP) is 2.07. The minimum Gasteiger partial charge on any atom is -0.374 e. The average Bonchev–Trinajstić information content (AvgIpc) is 2.88. The summed E-state index contributed by atoms with van der Waals surface area (Å²) >= 11 is 5.90. The number of morpholine rings is 1. The van der Waals surface area contributed by atoms with Crippen LogP contribution in [0.1, 0.15) is 18.4 Å². The molecule has 3 nitrogen and oxygen atoms in total. The van der Waals surface area contributed by atoms with E-state index in [1.54, 1.807) is 0 Å². The van der Waals surface area contributed by atoms with Gasteiger partial charge in [0.1, 0.15) is 0 Å². The summed E-state index contributed by atoms with van der Waals surface area (Å²) in [6, 6.07) is 8.62. The van der Waals surface area contributed by atoms with Crippen LogP contribution in [0, 0.1) is 0 Å². The molecule has 0 aromatic heterocycles. The molecule has 0 saturated carbocycles. The van der Waals surface area contributed by atoms with E-state index in [9.17, 15) is 0 Å². The van der Waals surface area contributed by atoms with Crippen LogP contribution in [0.25, 0.3) is 0 Å². The zero-order valence-corrected chi connectivity index (χ0v) is 11.9. The van der Waals surface area contributed by atoms with E-state index >= 15 is 0 Å². The number of fused-ring (bicyclic) bond motifs is 1. The van der Waals surface area contributed by atoms with Crippen molar-refractivity contribution < 1.29 is 4.74 Å². The lowest BCUT2D eigenvalue weighted by molar-refractivity contribution is -0.0589. The number of nitrogens with two attached hydrogens (primary N) is 1. The van der Waals surface area contributed by atoms with Crippen molar-refractivity contribution in [3.8, 4) is 0 Å². The Morgan fingerprint density at radius 2 is 2.16 bits per heavy atom. The monoisotopic (exact) mass is 280 g/mol. The highest BCUT2D eigenvalue weighted by molar-refractivity contribution is 6.30. The van der Waals surface area contributed by atoms with Crippen molar-refractivity contribution in [1.29, 1.82) is 0 Å². The van der Waals surface area contributed by atoms with Gasteiger partial charge in [-0.1, -0.05) is 23.7 Å². The molecule has 1 aromatic carbocycles. The summed E-state index contributed by atoms with van der Waals surface area (Å²) in [7, 11) is 0. The van der Waals surface area contributed by atoms with E-state index in [4.69, 9.17) is 22.1 Å². The van der Waals surface area contributed by atoms with Crippen LogP contribution in [0.2, 0.25) is 5.02 Å². The largest absolute Gasteiger partial charge is 0.374 e. The van der Waals surface area contributed by atoms with Gasteiger partial charge in [0.2, 0.25) is 0 Å².